The fourth-order valence-corrected chi connectivity index (χ4v) is 3.03. The van der Waals surface area contributed by atoms with Crippen LogP contribution in [0.3, 0.4) is 0 Å². The molecule has 3 atom stereocenters. The smallest absolute Gasteiger partial charge is 0.368 e. The van der Waals surface area contributed by atoms with Gasteiger partial charge in [-0.2, -0.15) is 8.10 Å². The maximum atomic E-state index is 11.9. The summed E-state index contributed by atoms with van der Waals surface area (Å²) >= 11 is -1.89. The molecule has 6 heteroatoms. The first-order valence-electron chi connectivity index (χ1n) is 4.91. The highest BCUT2D eigenvalue weighted by Gasteiger charge is 2.52. The van der Waals surface area contributed by atoms with Crippen LogP contribution in [0.1, 0.15) is 34.1 Å². The van der Waals surface area contributed by atoms with Crippen LogP contribution in [0.25, 0.3) is 0 Å². The van der Waals surface area contributed by atoms with Gasteiger partial charge in [-0.15, -0.1) is 0 Å². The highest BCUT2D eigenvalue weighted by atomic mass is 32.2. The van der Waals surface area contributed by atoms with Crippen LogP contribution in [0.2, 0.25) is 0 Å². The van der Waals surface area contributed by atoms with Gasteiger partial charge in [0, 0.05) is 6.42 Å². The molecule has 0 aliphatic carbocycles. The van der Waals surface area contributed by atoms with Crippen LogP contribution in [0.5, 0.6) is 0 Å². The van der Waals surface area contributed by atoms with Gasteiger partial charge in [0.25, 0.3) is 6.09 Å². The van der Waals surface area contributed by atoms with Gasteiger partial charge >= 0.3 is 11.3 Å². The van der Waals surface area contributed by atoms with Gasteiger partial charge < -0.3 is 9.90 Å². The van der Waals surface area contributed by atoms with E-state index in [1.165, 1.54) is 0 Å². The van der Waals surface area contributed by atoms with Gasteiger partial charge in [0.05, 0.1) is 6.10 Å². The van der Waals surface area contributed by atoms with E-state index >= 15 is 0 Å². The largest absolute Gasteiger partial charge is 0.497 e. The zero-order valence-corrected chi connectivity index (χ0v) is 10.3. The fourth-order valence-electron chi connectivity index (χ4n) is 1.69. The van der Waals surface area contributed by atoms with Crippen LogP contribution >= 0.6 is 0 Å². The molecule has 0 aromatic rings. The molecule has 1 aliphatic rings. The summed E-state index contributed by atoms with van der Waals surface area (Å²) in [7, 11) is 0. The zero-order valence-electron chi connectivity index (χ0n) is 9.48. The maximum Gasteiger partial charge on any atom is 0.368 e. The van der Waals surface area contributed by atoms with E-state index in [4.69, 9.17) is 4.18 Å². The number of hydrogen-bond acceptors (Lipinski definition) is 4. The Morgan fingerprint density at radius 2 is 2.07 bits per heavy atom. The second kappa shape index (κ2) is 3.84. The molecule has 0 N–H and O–H groups in total. The molecule has 0 bridgehead atoms. The van der Waals surface area contributed by atoms with Gasteiger partial charge in [0.15, 0.2) is 0 Å². The van der Waals surface area contributed by atoms with Gasteiger partial charge in [-0.05, 0) is 27.7 Å². The van der Waals surface area contributed by atoms with E-state index in [1.807, 2.05) is 0 Å². The van der Waals surface area contributed by atoms with Gasteiger partial charge in [0.2, 0.25) is 0 Å². The molecule has 0 saturated carbocycles. The van der Waals surface area contributed by atoms with Gasteiger partial charge in [-0.3, -0.25) is 0 Å². The second-order valence-corrected chi connectivity index (χ2v) is 6.06. The molecule has 1 aliphatic heterocycles. The molecule has 5 nitrogen and oxygen atoms in total. The summed E-state index contributed by atoms with van der Waals surface area (Å²) < 4.78 is 16.3. The predicted molar refractivity (Wildman–Crippen MR) is 53.6 cm³/mol. The summed E-state index contributed by atoms with van der Waals surface area (Å²) in [6.45, 7) is 7.23. The zero-order chi connectivity index (χ0) is 11.9. The van der Waals surface area contributed by atoms with Gasteiger partial charge in [0.1, 0.15) is 12.1 Å². The number of quaternary nitrogens is 1. The number of hydrogen-bond donors (Lipinski definition) is 0. The van der Waals surface area contributed by atoms with Gasteiger partial charge in [-0.25, -0.2) is 4.18 Å². The molecule has 1 fully saturated rings. The Bertz CT molecular complexity index is 299. The Morgan fingerprint density at radius 3 is 2.40 bits per heavy atom. The number of amides is 1. The van der Waals surface area contributed by atoms with Crippen molar-refractivity contribution < 1.29 is 22.2 Å². The first-order valence-corrected chi connectivity index (χ1v) is 5.94. The van der Waals surface area contributed by atoms with Gasteiger partial charge in [-0.1, -0.05) is 0 Å². The van der Waals surface area contributed by atoms with E-state index in [0.717, 1.165) is 0 Å². The Labute approximate surface area is 92.4 Å². The molecule has 0 spiro atoms. The van der Waals surface area contributed by atoms with Crippen molar-refractivity contribution in [1.82, 2.24) is 0 Å². The summed E-state index contributed by atoms with van der Waals surface area (Å²) in [5, 5.41) is 11.2. The summed E-state index contributed by atoms with van der Waals surface area (Å²) in [6.07, 6.45) is -0.941. The number of rotatable bonds is 0. The van der Waals surface area contributed by atoms with Crippen molar-refractivity contribution in [3.8, 4) is 0 Å². The third-order valence-corrected chi connectivity index (χ3v) is 4.61. The third kappa shape index (κ3) is 1.93. The molecular weight excluding hydrogens is 218 g/mol. The highest BCUT2D eigenvalue weighted by molar-refractivity contribution is 7.74. The minimum atomic E-state index is -1.89. The summed E-state index contributed by atoms with van der Waals surface area (Å²) in [5.74, 6) is 0. The lowest BCUT2D eigenvalue weighted by molar-refractivity contribution is -0.811. The molecule has 1 heterocycles. The lowest BCUT2D eigenvalue weighted by Gasteiger charge is -2.46. The van der Waals surface area contributed by atoms with Crippen LogP contribution in [0.15, 0.2) is 0 Å². The molecule has 0 aromatic heterocycles. The number of nitrogens with zero attached hydrogens (tertiary/aromatic N) is 1. The van der Waals surface area contributed by atoms with Crippen molar-refractivity contribution >= 4 is 17.4 Å². The molecule has 0 radical (unpaired) electrons. The first-order chi connectivity index (χ1) is 6.72. The number of carbonyl (C=O) groups excluding carboxylic acids is 1. The minimum Gasteiger partial charge on any atom is -0.497 e. The average molecular weight is 235 g/mol. The van der Waals surface area contributed by atoms with Crippen molar-refractivity contribution in [2.75, 3.05) is 6.54 Å². The molecule has 15 heavy (non-hydrogen) atoms. The van der Waals surface area contributed by atoms with Crippen molar-refractivity contribution in [3.05, 3.63) is 0 Å². The maximum absolute atomic E-state index is 11.9. The SMILES string of the molecule is C[C@H]1CC[N+](C(=O)[O-])(C(C)(C)C)S(=O)O1. The highest BCUT2D eigenvalue weighted by Crippen LogP contribution is 2.33. The molecular formula is C9H17NO4S. The van der Waals surface area contributed by atoms with E-state index in [9.17, 15) is 14.1 Å². The summed E-state index contributed by atoms with van der Waals surface area (Å²) in [6, 6.07) is 0. The van der Waals surface area contributed by atoms with Crippen LogP contribution in [-0.4, -0.2) is 32.4 Å². The Balaban J connectivity index is 3.13. The molecule has 0 aromatic carbocycles. The van der Waals surface area contributed by atoms with Crippen LogP contribution in [0, 0.1) is 0 Å². The third-order valence-electron chi connectivity index (χ3n) is 2.73. The van der Waals surface area contributed by atoms with Crippen LogP contribution < -0.4 is 5.11 Å². The average Bonchev–Trinajstić information content (AvgIpc) is 2.00. The standard InChI is InChI=1S/C9H17NO4S/c1-7-5-6-10(8(11)12,9(2,3)4)15(13)14-7/h7H,5-6H2,1-4H3/t7-,10?,15?/m0/s1. The van der Waals surface area contributed by atoms with E-state index in [1.54, 1.807) is 27.7 Å². The molecule has 88 valence electrons. The van der Waals surface area contributed by atoms with Crippen LogP contribution in [0.4, 0.5) is 4.79 Å². The van der Waals surface area contributed by atoms with E-state index < -0.39 is 26.8 Å². The molecule has 1 saturated heterocycles. The first kappa shape index (κ1) is 12.6. The van der Waals surface area contributed by atoms with Crippen molar-refractivity contribution in [3.63, 3.8) is 0 Å². The molecule has 1 rings (SSSR count). The quantitative estimate of drug-likeness (QED) is 0.568. The van der Waals surface area contributed by atoms with Crippen molar-refractivity contribution in [2.24, 2.45) is 0 Å². The van der Waals surface area contributed by atoms with E-state index in [-0.39, 0.29) is 12.6 Å². The van der Waals surface area contributed by atoms with Crippen molar-refractivity contribution in [1.29, 1.82) is 0 Å². The lowest BCUT2D eigenvalue weighted by Crippen LogP contribution is -2.70. The normalized spacial score (nSPS) is 37.6. The number of carbonyl (C=O) groups is 1. The predicted octanol–water partition coefficient (Wildman–Crippen LogP) is 0.332. The molecule has 2 unspecified atom stereocenters. The summed E-state index contributed by atoms with van der Waals surface area (Å²) in [4.78, 5) is 11.2. The second-order valence-electron chi connectivity index (χ2n) is 4.81. The monoisotopic (exact) mass is 235 g/mol. The molecule has 1 amide bonds. The topological polar surface area (TPSA) is 66.4 Å². The lowest BCUT2D eigenvalue weighted by atomic mass is 10.1. The van der Waals surface area contributed by atoms with Crippen molar-refractivity contribution in [2.45, 2.75) is 45.8 Å². The summed E-state index contributed by atoms with van der Waals surface area (Å²) in [5.41, 5.74) is -0.705. The Hall–Kier alpha value is -0.460. The Morgan fingerprint density at radius 1 is 1.53 bits per heavy atom. The fraction of sp³-hybridized carbons (Fsp3) is 0.889. The minimum absolute atomic E-state index is 0.168. The van der Waals surface area contributed by atoms with E-state index in [2.05, 4.69) is 0 Å². The Kier molecular flexibility index (Phi) is 3.23. The van der Waals surface area contributed by atoms with Crippen LogP contribution in [-0.2, 0) is 15.4 Å². The van der Waals surface area contributed by atoms with E-state index in [0.29, 0.717) is 6.42 Å². The number of carboxylic acid groups (broad SMARTS) is 1.